The van der Waals surface area contributed by atoms with Crippen LogP contribution in [0.2, 0.25) is 0 Å². The summed E-state index contributed by atoms with van der Waals surface area (Å²) < 4.78 is 39.6. The van der Waals surface area contributed by atoms with Gasteiger partial charge in [-0.25, -0.2) is 12.8 Å². The van der Waals surface area contributed by atoms with Gasteiger partial charge in [-0.05, 0) is 51.0 Å². The SMILES string of the molecule is C=C(C)CN(CC)C(=O)C1CCN(S(=O)(=O)c2ccc(F)cc2)CC1. The molecule has 1 saturated heterocycles. The van der Waals surface area contributed by atoms with E-state index in [-0.39, 0.29) is 16.7 Å². The Labute approximate surface area is 149 Å². The van der Waals surface area contributed by atoms with Crippen molar-refractivity contribution >= 4 is 15.9 Å². The molecule has 0 saturated carbocycles. The van der Waals surface area contributed by atoms with Crippen LogP contribution in [-0.4, -0.2) is 49.7 Å². The number of hydrogen-bond acceptors (Lipinski definition) is 3. The highest BCUT2D eigenvalue weighted by Gasteiger charge is 2.33. The van der Waals surface area contributed by atoms with E-state index in [1.807, 2.05) is 13.8 Å². The molecule has 1 aliphatic rings. The monoisotopic (exact) mass is 368 g/mol. The van der Waals surface area contributed by atoms with Crippen molar-refractivity contribution in [2.45, 2.75) is 31.6 Å². The molecule has 2 rings (SSSR count). The fraction of sp³-hybridized carbons (Fsp3) is 0.500. The number of carbonyl (C=O) groups excluding carboxylic acids is 1. The van der Waals surface area contributed by atoms with Gasteiger partial charge in [0, 0.05) is 32.1 Å². The van der Waals surface area contributed by atoms with Gasteiger partial charge in [-0.15, -0.1) is 0 Å². The van der Waals surface area contributed by atoms with E-state index >= 15 is 0 Å². The van der Waals surface area contributed by atoms with E-state index in [4.69, 9.17) is 0 Å². The maximum absolute atomic E-state index is 13.0. The van der Waals surface area contributed by atoms with Gasteiger partial charge in [0.25, 0.3) is 0 Å². The molecule has 0 aromatic heterocycles. The Hall–Kier alpha value is -1.73. The van der Waals surface area contributed by atoms with Crippen LogP contribution in [0.5, 0.6) is 0 Å². The molecule has 0 bridgehead atoms. The third-order valence-electron chi connectivity index (χ3n) is 4.41. The molecule has 0 unspecified atom stereocenters. The second kappa shape index (κ2) is 8.10. The number of hydrogen-bond donors (Lipinski definition) is 0. The standard InChI is InChI=1S/C18H25FN2O3S/c1-4-20(13-14(2)3)18(22)15-9-11-21(12-10-15)25(23,24)17-7-5-16(19)6-8-17/h5-8,15H,2,4,9-13H2,1,3H3. The van der Waals surface area contributed by atoms with E-state index in [2.05, 4.69) is 6.58 Å². The molecule has 25 heavy (non-hydrogen) atoms. The van der Waals surface area contributed by atoms with Gasteiger partial charge in [-0.3, -0.25) is 4.79 Å². The number of halogens is 1. The molecule has 0 atom stereocenters. The minimum Gasteiger partial charge on any atom is -0.339 e. The summed E-state index contributed by atoms with van der Waals surface area (Å²) in [6.45, 7) is 9.38. The van der Waals surface area contributed by atoms with Crippen LogP contribution in [0.25, 0.3) is 0 Å². The number of amides is 1. The third-order valence-corrected chi connectivity index (χ3v) is 6.32. The van der Waals surface area contributed by atoms with Crippen LogP contribution in [0.1, 0.15) is 26.7 Å². The zero-order valence-electron chi connectivity index (χ0n) is 14.7. The highest BCUT2D eigenvalue weighted by molar-refractivity contribution is 7.89. The third kappa shape index (κ3) is 4.67. The zero-order valence-corrected chi connectivity index (χ0v) is 15.6. The number of benzene rings is 1. The summed E-state index contributed by atoms with van der Waals surface area (Å²) in [5.41, 5.74) is 0.923. The number of sulfonamides is 1. The Bertz CT molecular complexity index is 723. The molecular formula is C18H25FN2O3S. The Balaban J connectivity index is 2.02. The van der Waals surface area contributed by atoms with Crippen molar-refractivity contribution in [2.24, 2.45) is 5.92 Å². The molecule has 1 fully saturated rings. The first-order valence-corrected chi connectivity index (χ1v) is 9.88. The normalized spacial score (nSPS) is 16.6. The maximum Gasteiger partial charge on any atom is 0.243 e. The molecule has 5 nitrogen and oxygen atoms in total. The molecule has 0 N–H and O–H groups in total. The van der Waals surface area contributed by atoms with Crippen LogP contribution in [0.3, 0.4) is 0 Å². The van der Waals surface area contributed by atoms with E-state index < -0.39 is 15.8 Å². The Kier molecular flexibility index (Phi) is 6.35. The molecule has 1 heterocycles. The van der Waals surface area contributed by atoms with Gasteiger partial charge in [-0.1, -0.05) is 12.2 Å². The predicted molar refractivity (Wildman–Crippen MR) is 95.0 cm³/mol. The summed E-state index contributed by atoms with van der Waals surface area (Å²) >= 11 is 0. The highest BCUT2D eigenvalue weighted by Crippen LogP contribution is 2.25. The van der Waals surface area contributed by atoms with E-state index in [0.717, 1.165) is 17.7 Å². The quantitative estimate of drug-likeness (QED) is 0.726. The lowest BCUT2D eigenvalue weighted by Crippen LogP contribution is -2.44. The number of piperidine rings is 1. The Morgan fingerprint density at radius 2 is 1.84 bits per heavy atom. The minimum absolute atomic E-state index is 0.0596. The predicted octanol–water partition coefficient (Wildman–Crippen LogP) is 2.65. The fourth-order valence-electron chi connectivity index (χ4n) is 3.03. The largest absolute Gasteiger partial charge is 0.339 e. The van der Waals surface area contributed by atoms with Gasteiger partial charge in [0.15, 0.2) is 0 Å². The first-order valence-electron chi connectivity index (χ1n) is 8.44. The second-order valence-electron chi connectivity index (χ2n) is 6.44. The highest BCUT2D eigenvalue weighted by atomic mass is 32.2. The maximum atomic E-state index is 13.0. The lowest BCUT2D eigenvalue weighted by atomic mass is 9.96. The van der Waals surface area contributed by atoms with Gasteiger partial charge in [-0.2, -0.15) is 4.31 Å². The van der Waals surface area contributed by atoms with Crippen molar-refractivity contribution in [2.75, 3.05) is 26.2 Å². The second-order valence-corrected chi connectivity index (χ2v) is 8.38. The number of rotatable bonds is 6. The van der Waals surface area contributed by atoms with E-state index in [9.17, 15) is 17.6 Å². The van der Waals surface area contributed by atoms with Crippen LogP contribution in [0, 0.1) is 11.7 Å². The average Bonchev–Trinajstić information content (AvgIpc) is 2.59. The van der Waals surface area contributed by atoms with Crippen molar-refractivity contribution in [3.05, 3.63) is 42.2 Å². The summed E-state index contributed by atoms with van der Waals surface area (Å²) in [4.78, 5) is 14.4. The van der Waals surface area contributed by atoms with Crippen molar-refractivity contribution < 1.29 is 17.6 Å². The van der Waals surface area contributed by atoms with E-state index in [1.165, 1.54) is 16.4 Å². The molecule has 0 aliphatic carbocycles. The molecule has 0 spiro atoms. The van der Waals surface area contributed by atoms with Crippen molar-refractivity contribution in [1.29, 1.82) is 0 Å². The summed E-state index contributed by atoms with van der Waals surface area (Å²) in [5, 5.41) is 0. The van der Waals surface area contributed by atoms with Gasteiger partial charge in [0.05, 0.1) is 4.90 Å². The minimum atomic E-state index is -3.65. The van der Waals surface area contributed by atoms with Crippen molar-refractivity contribution in [3.63, 3.8) is 0 Å². The lowest BCUT2D eigenvalue weighted by Gasteiger charge is -2.33. The first kappa shape index (κ1) is 19.6. The summed E-state index contributed by atoms with van der Waals surface area (Å²) in [7, 11) is -3.65. The molecule has 7 heteroatoms. The molecule has 1 aromatic carbocycles. The molecular weight excluding hydrogens is 343 g/mol. The first-order chi connectivity index (χ1) is 11.8. The van der Waals surface area contributed by atoms with Crippen molar-refractivity contribution in [3.8, 4) is 0 Å². The zero-order chi connectivity index (χ0) is 18.6. The Morgan fingerprint density at radius 3 is 2.32 bits per heavy atom. The lowest BCUT2D eigenvalue weighted by molar-refractivity contribution is -0.136. The Morgan fingerprint density at radius 1 is 1.28 bits per heavy atom. The van der Waals surface area contributed by atoms with Gasteiger partial charge >= 0.3 is 0 Å². The molecule has 1 aromatic rings. The van der Waals surface area contributed by atoms with E-state index in [1.54, 1.807) is 4.90 Å². The van der Waals surface area contributed by atoms with Crippen LogP contribution >= 0.6 is 0 Å². The van der Waals surface area contributed by atoms with Gasteiger partial charge < -0.3 is 4.90 Å². The summed E-state index contributed by atoms with van der Waals surface area (Å²) in [6.07, 6.45) is 0.984. The average molecular weight is 368 g/mol. The number of likely N-dealkylation sites (N-methyl/N-ethyl adjacent to an activating group) is 1. The smallest absolute Gasteiger partial charge is 0.243 e. The molecule has 138 valence electrons. The molecule has 1 aliphatic heterocycles. The van der Waals surface area contributed by atoms with Crippen LogP contribution < -0.4 is 0 Å². The topological polar surface area (TPSA) is 57.7 Å². The molecule has 0 radical (unpaired) electrons. The van der Waals surface area contributed by atoms with Crippen molar-refractivity contribution in [1.82, 2.24) is 9.21 Å². The van der Waals surface area contributed by atoms with Gasteiger partial charge in [0.2, 0.25) is 15.9 Å². The van der Waals surface area contributed by atoms with Crippen LogP contribution in [0.15, 0.2) is 41.3 Å². The number of nitrogens with zero attached hydrogens (tertiary/aromatic N) is 2. The van der Waals surface area contributed by atoms with Gasteiger partial charge in [0.1, 0.15) is 5.82 Å². The fourth-order valence-corrected chi connectivity index (χ4v) is 4.50. The van der Waals surface area contributed by atoms with Crippen LogP contribution in [-0.2, 0) is 14.8 Å². The van der Waals surface area contributed by atoms with E-state index in [0.29, 0.717) is 39.0 Å². The molecule has 1 amide bonds. The summed E-state index contributed by atoms with van der Waals surface area (Å²) in [6, 6.07) is 4.82. The van der Waals surface area contributed by atoms with Crippen LogP contribution in [0.4, 0.5) is 4.39 Å². The summed E-state index contributed by atoms with van der Waals surface area (Å²) in [5.74, 6) is -0.580. The number of carbonyl (C=O) groups is 1.